The van der Waals surface area contributed by atoms with Crippen molar-refractivity contribution in [2.45, 2.75) is 11.8 Å². The van der Waals surface area contributed by atoms with Crippen molar-refractivity contribution in [2.75, 3.05) is 0 Å². The normalized spacial score (nSPS) is 22.7. The Morgan fingerprint density at radius 2 is 1.62 bits per heavy atom. The molecule has 1 saturated heterocycles. The summed E-state index contributed by atoms with van der Waals surface area (Å²) >= 11 is 18.6. The smallest absolute Gasteiger partial charge is 0.397 e. The second-order valence-electron chi connectivity index (χ2n) is 6.38. The van der Waals surface area contributed by atoms with Crippen LogP contribution in [0.2, 0.25) is 15.1 Å². The Morgan fingerprint density at radius 3 is 2.34 bits per heavy atom. The Hall–Kier alpha value is -2.58. The lowest BCUT2D eigenvalue weighted by Gasteiger charge is -2.17. The Morgan fingerprint density at radius 1 is 0.931 bits per heavy atom. The summed E-state index contributed by atoms with van der Waals surface area (Å²) in [5, 5.41) is 1.43. The predicted molar refractivity (Wildman–Crippen MR) is 102 cm³/mol. The zero-order chi connectivity index (χ0) is 20.3. The van der Waals surface area contributed by atoms with Gasteiger partial charge in [0, 0.05) is 20.6 Å². The Labute approximate surface area is 178 Å². The molecule has 3 heterocycles. The lowest BCUT2D eigenvalue weighted by molar-refractivity contribution is -0.156. The summed E-state index contributed by atoms with van der Waals surface area (Å²) in [6.45, 7) is 0. The maximum Gasteiger partial charge on any atom is 0.425 e. The minimum absolute atomic E-state index is 0.0708. The van der Waals surface area contributed by atoms with Crippen molar-refractivity contribution < 1.29 is 23.8 Å². The van der Waals surface area contributed by atoms with Gasteiger partial charge in [0.15, 0.2) is 11.8 Å². The van der Waals surface area contributed by atoms with E-state index in [0.29, 0.717) is 20.6 Å². The average molecular weight is 452 g/mol. The standard InChI is InChI=1S/C19H9Cl3N2O5/c20-10-3-1-9(2-4-10)19(12-6-5-11(21)7-13(12)22)17(29-19)24-8-14-23-18(24)28-16(26)15(25)27-14/h1-8,17H. The van der Waals surface area contributed by atoms with Gasteiger partial charge in [-0.15, -0.1) is 0 Å². The van der Waals surface area contributed by atoms with E-state index < -0.39 is 23.8 Å². The Balaban J connectivity index is 1.65. The molecular weight excluding hydrogens is 443 g/mol. The van der Waals surface area contributed by atoms with Gasteiger partial charge < -0.3 is 14.2 Å². The molecule has 0 N–H and O–H groups in total. The molecule has 5 rings (SSSR count). The molecule has 29 heavy (non-hydrogen) atoms. The van der Waals surface area contributed by atoms with Crippen molar-refractivity contribution in [1.82, 2.24) is 9.55 Å². The minimum Gasteiger partial charge on any atom is -0.397 e. The van der Waals surface area contributed by atoms with E-state index in [1.54, 1.807) is 30.3 Å². The fraction of sp³-hybridized carbons (Fsp3) is 0.105. The third kappa shape index (κ3) is 2.89. The van der Waals surface area contributed by atoms with Crippen molar-refractivity contribution >= 4 is 46.7 Å². The fourth-order valence-electron chi connectivity index (χ4n) is 3.35. The van der Waals surface area contributed by atoms with Crippen LogP contribution in [0.4, 0.5) is 0 Å². The molecule has 2 bridgehead atoms. The molecular formula is C19H9Cl3N2O5. The number of fused-ring (bicyclic) bond motifs is 2. The average Bonchev–Trinajstić information content (AvgIpc) is 3.32. The van der Waals surface area contributed by atoms with Gasteiger partial charge in [-0.3, -0.25) is 4.57 Å². The van der Waals surface area contributed by atoms with Gasteiger partial charge in [0.25, 0.3) is 0 Å². The minimum atomic E-state index is -1.17. The first-order valence-corrected chi connectivity index (χ1v) is 9.44. The number of rotatable bonds is 3. The highest BCUT2D eigenvalue weighted by atomic mass is 35.5. The molecule has 0 aliphatic carbocycles. The number of aromatic nitrogens is 2. The van der Waals surface area contributed by atoms with E-state index >= 15 is 0 Å². The topological polar surface area (TPSA) is 82.9 Å². The summed E-state index contributed by atoms with van der Waals surface area (Å²) in [5.41, 5.74) is 0.393. The summed E-state index contributed by atoms with van der Waals surface area (Å²) in [7, 11) is 0. The second kappa shape index (κ2) is 6.47. The molecule has 0 radical (unpaired) electrons. The zero-order valence-electron chi connectivity index (χ0n) is 14.3. The van der Waals surface area contributed by atoms with Crippen molar-refractivity contribution in [3.63, 3.8) is 0 Å². The molecule has 2 atom stereocenters. The van der Waals surface area contributed by atoms with E-state index in [2.05, 4.69) is 4.98 Å². The van der Waals surface area contributed by atoms with E-state index in [1.165, 1.54) is 10.8 Å². The van der Waals surface area contributed by atoms with Crippen molar-refractivity contribution in [3.05, 3.63) is 74.9 Å². The van der Waals surface area contributed by atoms with Gasteiger partial charge in [-0.25, -0.2) is 9.59 Å². The number of carbonyl (C=O) groups is 2. The highest BCUT2D eigenvalue weighted by Crippen LogP contribution is 2.61. The highest BCUT2D eigenvalue weighted by Gasteiger charge is 2.62. The molecule has 0 saturated carbocycles. The molecule has 146 valence electrons. The van der Waals surface area contributed by atoms with Crippen LogP contribution >= 0.6 is 34.8 Å². The lowest BCUT2D eigenvalue weighted by atomic mass is 9.90. The van der Waals surface area contributed by atoms with Crippen LogP contribution in [-0.4, -0.2) is 21.5 Å². The van der Waals surface area contributed by atoms with Crippen molar-refractivity contribution in [1.29, 1.82) is 0 Å². The summed E-state index contributed by atoms with van der Waals surface area (Å²) in [6, 6.07) is 12.0. The van der Waals surface area contributed by atoms with Crippen LogP contribution in [0.3, 0.4) is 0 Å². The van der Waals surface area contributed by atoms with Crippen LogP contribution in [0.5, 0.6) is 11.9 Å². The molecule has 2 aliphatic heterocycles. The number of hydrogen-bond acceptors (Lipinski definition) is 6. The van der Waals surface area contributed by atoms with Crippen LogP contribution in [-0.2, 0) is 19.9 Å². The maximum atomic E-state index is 11.7. The summed E-state index contributed by atoms with van der Waals surface area (Å²) in [5.74, 6) is -2.38. The zero-order valence-corrected chi connectivity index (χ0v) is 16.5. The molecule has 2 aromatic carbocycles. The monoisotopic (exact) mass is 450 g/mol. The van der Waals surface area contributed by atoms with Crippen molar-refractivity contribution in [3.8, 4) is 11.9 Å². The SMILES string of the molecule is O=C1Oc2cn(C3OC3(c3ccc(Cl)cc3)c3ccc(Cl)cc3Cl)c(n2)OC1=O. The summed E-state index contributed by atoms with van der Waals surface area (Å²) < 4.78 is 17.5. The number of imidazole rings is 1. The Bertz CT molecular complexity index is 1180. The fourth-order valence-corrected chi connectivity index (χ4v) is 4.03. The number of nitrogens with zero attached hydrogens (tertiary/aromatic N) is 2. The van der Waals surface area contributed by atoms with Crippen LogP contribution in [0.15, 0.2) is 48.7 Å². The third-order valence-electron chi connectivity index (χ3n) is 4.67. The van der Waals surface area contributed by atoms with Gasteiger partial charge >= 0.3 is 17.9 Å². The first-order chi connectivity index (χ1) is 13.9. The number of epoxide rings is 1. The Kier molecular flexibility index (Phi) is 4.11. The van der Waals surface area contributed by atoms with Gasteiger partial charge in [0.2, 0.25) is 5.88 Å². The second-order valence-corrected chi connectivity index (χ2v) is 7.67. The highest BCUT2D eigenvalue weighted by molar-refractivity contribution is 6.35. The molecule has 1 fully saturated rings. The van der Waals surface area contributed by atoms with E-state index in [0.717, 1.165) is 5.56 Å². The number of carbonyl (C=O) groups excluding carboxylic acids is 2. The molecule has 0 amide bonds. The number of ether oxygens (including phenoxy) is 3. The quantitative estimate of drug-likeness (QED) is 0.338. The molecule has 10 heteroatoms. The third-order valence-corrected chi connectivity index (χ3v) is 5.47. The predicted octanol–water partition coefficient (Wildman–Crippen LogP) is 4.14. The van der Waals surface area contributed by atoms with Crippen LogP contribution < -0.4 is 9.47 Å². The van der Waals surface area contributed by atoms with Crippen molar-refractivity contribution in [2.24, 2.45) is 0 Å². The first kappa shape index (κ1) is 18.4. The molecule has 1 aromatic heterocycles. The summed E-state index contributed by atoms with van der Waals surface area (Å²) in [4.78, 5) is 27.2. The largest absolute Gasteiger partial charge is 0.425 e. The molecule has 3 aromatic rings. The number of halogens is 3. The molecule has 0 spiro atoms. The van der Waals surface area contributed by atoms with Gasteiger partial charge in [0.1, 0.15) is 0 Å². The van der Waals surface area contributed by atoms with E-state index in [9.17, 15) is 9.59 Å². The van der Waals surface area contributed by atoms with Gasteiger partial charge in [-0.2, -0.15) is 4.98 Å². The van der Waals surface area contributed by atoms with E-state index in [4.69, 9.17) is 49.0 Å². The van der Waals surface area contributed by atoms with Crippen LogP contribution in [0, 0.1) is 0 Å². The van der Waals surface area contributed by atoms with Crippen LogP contribution in [0.25, 0.3) is 0 Å². The maximum absolute atomic E-state index is 11.7. The number of benzene rings is 2. The van der Waals surface area contributed by atoms with Gasteiger partial charge in [-0.05, 0) is 29.8 Å². The molecule has 7 nitrogen and oxygen atoms in total. The molecule has 2 unspecified atom stereocenters. The first-order valence-electron chi connectivity index (χ1n) is 8.31. The summed E-state index contributed by atoms with van der Waals surface area (Å²) in [6.07, 6.45) is 0.745. The van der Waals surface area contributed by atoms with Crippen LogP contribution in [0.1, 0.15) is 17.4 Å². The molecule has 2 aliphatic rings. The van der Waals surface area contributed by atoms with Gasteiger partial charge in [-0.1, -0.05) is 53.0 Å². The number of esters is 2. The number of hydrogen-bond donors (Lipinski definition) is 0. The van der Waals surface area contributed by atoms with Gasteiger partial charge in [0.05, 0.1) is 6.20 Å². The van der Waals surface area contributed by atoms with E-state index in [1.807, 2.05) is 12.1 Å². The van der Waals surface area contributed by atoms with E-state index in [-0.39, 0.29) is 11.9 Å². The lowest BCUT2D eigenvalue weighted by Crippen LogP contribution is -2.26.